The molecule has 0 atom stereocenters. The first kappa shape index (κ1) is 9.19. The zero-order valence-corrected chi connectivity index (χ0v) is 8.34. The van der Waals surface area contributed by atoms with E-state index in [9.17, 15) is 10.2 Å². The Balaban J connectivity index is 3.39. The van der Waals surface area contributed by atoms with Gasteiger partial charge in [-0.15, -0.1) is 0 Å². The van der Waals surface area contributed by atoms with Crippen LogP contribution in [-0.2, 0) is 0 Å². The lowest BCUT2D eigenvalue weighted by molar-refractivity contribution is 0.349. The van der Waals surface area contributed by atoms with Crippen molar-refractivity contribution in [3.63, 3.8) is 0 Å². The Kier molecular flexibility index (Phi) is 2.47. The predicted octanol–water partition coefficient (Wildman–Crippen LogP) is 2.18. The van der Waals surface area contributed by atoms with Gasteiger partial charge in [0.25, 0.3) is 0 Å². The van der Waals surface area contributed by atoms with Gasteiger partial charge < -0.3 is 14.9 Å². The molecule has 1 aromatic rings. The Morgan fingerprint density at radius 3 is 2.42 bits per heavy atom. The SMILES string of the molecule is COc1cc(Br)c(C)c(O)c1O. The molecule has 0 spiro atoms. The minimum absolute atomic E-state index is 0.152. The van der Waals surface area contributed by atoms with Crippen LogP contribution in [0.25, 0.3) is 0 Å². The maximum Gasteiger partial charge on any atom is 0.200 e. The summed E-state index contributed by atoms with van der Waals surface area (Å²) in [7, 11) is 1.43. The molecule has 0 unspecified atom stereocenters. The van der Waals surface area contributed by atoms with E-state index in [1.165, 1.54) is 7.11 Å². The maximum absolute atomic E-state index is 9.34. The lowest BCUT2D eigenvalue weighted by Crippen LogP contribution is -1.86. The summed E-state index contributed by atoms with van der Waals surface area (Å²) in [4.78, 5) is 0. The summed E-state index contributed by atoms with van der Waals surface area (Å²) in [5.74, 6) is -0.121. The Morgan fingerprint density at radius 1 is 1.33 bits per heavy atom. The number of benzene rings is 1. The van der Waals surface area contributed by atoms with Gasteiger partial charge in [0.1, 0.15) is 0 Å². The molecule has 0 aromatic heterocycles. The molecule has 0 fully saturated rings. The number of methoxy groups -OCH3 is 1. The van der Waals surface area contributed by atoms with E-state index in [4.69, 9.17) is 4.74 Å². The van der Waals surface area contributed by atoms with E-state index in [1.54, 1.807) is 13.0 Å². The summed E-state index contributed by atoms with van der Waals surface area (Å²) in [6.07, 6.45) is 0. The standard InChI is InChI=1S/C8H9BrO3/c1-4-5(9)3-6(12-2)8(11)7(4)10/h3,10-11H,1-2H3. The van der Waals surface area contributed by atoms with Crippen molar-refractivity contribution in [2.75, 3.05) is 7.11 Å². The van der Waals surface area contributed by atoms with E-state index in [0.29, 0.717) is 10.0 Å². The molecule has 12 heavy (non-hydrogen) atoms. The summed E-state index contributed by atoms with van der Waals surface area (Å²) >= 11 is 3.22. The third-order valence-corrected chi connectivity index (χ3v) is 2.47. The second-order valence-electron chi connectivity index (χ2n) is 2.38. The molecule has 66 valence electrons. The number of halogens is 1. The number of ether oxygens (including phenoxy) is 1. The monoisotopic (exact) mass is 232 g/mol. The lowest BCUT2D eigenvalue weighted by atomic mass is 10.2. The van der Waals surface area contributed by atoms with Gasteiger partial charge in [0.05, 0.1) is 7.11 Å². The van der Waals surface area contributed by atoms with Crippen LogP contribution in [0.5, 0.6) is 17.2 Å². The number of rotatable bonds is 1. The van der Waals surface area contributed by atoms with Gasteiger partial charge in [0.15, 0.2) is 11.5 Å². The Labute approximate surface area is 78.7 Å². The molecule has 1 aromatic carbocycles. The van der Waals surface area contributed by atoms with Gasteiger partial charge in [-0.3, -0.25) is 0 Å². The van der Waals surface area contributed by atoms with Gasteiger partial charge in [-0.05, 0) is 13.0 Å². The van der Waals surface area contributed by atoms with Gasteiger partial charge in [-0.25, -0.2) is 0 Å². The van der Waals surface area contributed by atoms with Crippen molar-refractivity contribution in [1.29, 1.82) is 0 Å². The highest BCUT2D eigenvalue weighted by molar-refractivity contribution is 9.10. The van der Waals surface area contributed by atoms with Crippen LogP contribution >= 0.6 is 15.9 Å². The molecule has 0 heterocycles. The number of hydrogen-bond donors (Lipinski definition) is 2. The van der Waals surface area contributed by atoms with E-state index >= 15 is 0 Å². The van der Waals surface area contributed by atoms with E-state index < -0.39 is 0 Å². The predicted molar refractivity (Wildman–Crippen MR) is 48.8 cm³/mol. The number of aromatic hydroxyl groups is 2. The highest BCUT2D eigenvalue weighted by Gasteiger charge is 2.12. The van der Waals surface area contributed by atoms with Crippen LogP contribution in [0.1, 0.15) is 5.56 Å². The molecule has 1 rings (SSSR count). The van der Waals surface area contributed by atoms with Crippen molar-refractivity contribution in [2.24, 2.45) is 0 Å². The van der Waals surface area contributed by atoms with Crippen LogP contribution in [0.2, 0.25) is 0 Å². The molecule has 0 saturated heterocycles. The second-order valence-corrected chi connectivity index (χ2v) is 3.24. The Hall–Kier alpha value is -0.900. The van der Waals surface area contributed by atoms with Crippen LogP contribution in [0, 0.1) is 6.92 Å². The van der Waals surface area contributed by atoms with E-state index in [0.717, 1.165) is 0 Å². The van der Waals surface area contributed by atoms with Crippen molar-refractivity contribution in [2.45, 2.75) is 6.92 Å². The minimum atomic E-state index is -0.224. The third-order valence-electron chi connectivity index (χ3n) is 1.65. The van der Waals surface area contributed by atoms with Crippen LogP contribution < -0.4 is 4.74 Å². The Bertz CT molecular complexity index is 310. The van der Waals surface area contributed by atoms with Gasteiger partial charge in [0, 0.05) is 10.0 Å². The van der Waals surface area contributed by atoms with Gasteiger partial charge in [-0.1, -0.05) is 15.9 Å². The van der Waals surface area contributed by atoms with E-state index in [1.807, 2.05) is 0 Å². The first-order valence-electron chi connectivity index (χ1n) is 3.33. The summed E-state index contributed by atoms with van der Waals surface area (Å²) in [6.45, 7) is 1.69. The van der Waals surface area contributed by atoms with Crippen LogP contribution in [-0.4, -0.2) is 17.3 Å². The first-order valence-corrected chi connectivity index (χ1v) is 4.12. The zero-order valence-electron chi connectivity index (χ0n) is 6.76. The van der Waals surface area contributed by atoms with E-state index in [-0.39, 0.29) is 17.2 Å². The molecule has 0 saturated carbocycles. The average molecular weight is 233 g/mol. The van der Waals surface area contributed by atoms with Crippen LogP contribution in [0.15, 0.2) is 10.5 Å². The molecule has 0 radical (unpaired) electrons. The fourth-order valence-electron chi connectivity index (χ4n) is 0.855. The summed E-state index contributed by atoms with van der Waals surface area (Å²) < 4.78 is 5.52. The lowest BCUT2D eigenvalue weighted by Gasteiger charge is -2.08. The molecule has 4 heteroatoms. The highest BCUT2D eigenvalue weighted by atomic mass is 79.9. The summed E-state index contributed by atoms with van der Waals surface area (Å²) in [6, 6.07) is 1.60. The molecule has 0 aliphatic carbocycles. The fraction of sp³-hybridized carbons (Fsp3) is 0.250. The van der Waals surface area contributed by atoms with Gasteiger partial charge in [-0.2, -0.15) is 0 Å². The van der Waals surface area contributed by atoms with Gasteiger partial charge in [0.2, 0.25) is 5.75 Å². The quantitative estimate of drug-likeness (QED) is 0.731. The zero-order chi connectivity index (χ0) is 9.30. The smallest absolute Gasteiger partial charge is 0.200 e. The molecule has 3 nitrogen and oxygen atoms in total. The highest BCUT2D eigenvalue weighted by Crippen LogP contribution is 2.41. The third kappa shape index (κ3) is 1.34. The molecule has 0 aliphatic heterocycles. The summed E-state index contributed by atoms with van der Waals surface area (Å²) in [5.41, 5.74) is 0.591. The number of phenolic OH excluding ortho intramolecular Hbond substituents is 2. The minimum Gasteiger partial charge on any atom is -0.504 e. The first-order chi connectivity index (χ1) is 5.57. The topological polar surface area (TPSA) is 49.7 Å². The van der Waals surface area contributed by atoms with Crippen LogP contribution in [0.4, 0.5) is 0 Å². The van der Waals surface area contributed by atoms with Crippen molar-refractivity contribution in [3.8, 4) is 17.2 Å². The molecule has 0 bridgehead atoms. The van der Waals surface area contributed by atoms with E-state index in [2.05, 4.69) is 15.9 Å². The van der Waals surface area contributed by atoms with Crippen molar-refractivity contribution >= 4 is 15.9 Å². The van der Waals surface area contributed by atoms with Crippen molar-refractivity contribution in [1.82, 2.24) is 0 Å². The van der Waals surface area contributed by atoms with Crippen molar-refractivity contribution in [3.05, 3.63) is 16.1 Å². The average Bonchev–Trinajstić information content (AvgIpc) is 2.08. The normalized spacial score (nSPS) is 9.92. The fourth-order valence-corrected chi connectivity index (χ4v) is 1.25. The summed E-state index contributed by atoms with van der Waals surface area (Å²) in [5, 5.41) is 18.6. The molecule has 0 amide bonds. The largest absolute Gasteiger partial charge is 0.504 e. The van der Waals surface area contributed by atoms with Crippen molar-refractivity contribution < 1.29 is 14.9 Å². The number of phenols is 2. The molecular weight excluding hydrogens is 224 g/mol. The molecule has 2 N–H and O–H groups in total. The van der Waals surface area contributed by atoms with Gasteiger partial charge >= 0.3 is 0 Å². The second kappa shape index (κ2) is 3.23. The Morgan fingerprint density at radius 2 is 1.92 bits per heavy atom. The maximum atomic E-state index is 9.34. The number of hydrogen-bond acceptors (Lipinski definition) is 3. The molecule has 0 aliphatic rings. The molecular formula is C8H9BrO3. The van der Waals surface area contributed by atoms with Crippen LogP contribution in [0.3, 0.4) is 0 Å².